The predicted molar refractivity (Wildman–Crippen MR) is 131 cm³/mol. The number of hydrogen-bond donors (Lipinski definition) is 1. The Hall–Kier alpha value is -2.36. The summed E-state index contributed by atoms with van der Waals surface area (Å²) in [6.07, 6.45) is 0. The summed E-state index contributed by atoms with van der Waals surface area (Å²) in [6, 6.07) is 12.7. The van der Waals surface area contributed by atoms with Crippen LogP contribution in [0, 0.1) is 6.92 Å². The lowest BCUT2D eigenvalue weighted by Crippen LogP contribution is -2.30. The molecule has 0 aliphatic carbocycles. The van der Waals surface area contributed by atoms with Gasteiger partial charge in [-0.25, -0.2) is 13.4 Å². The number of rotatable bonds is 9. The first-order valence-electron chi connectivity index (χ1n) is 10.8. The molecular formula is C23H30N4O3S2. The van der Waals surface area contributed by atoms with Gasteiger partial charge in [-0.2, -0.15) is 4.31 Å². The molecule has 0 saturated carbocycles. The fourth-order valence-corrected chi connectivity index (χ4v) is 6.00. The number of amides is 1. The highest BCUT2D eigenvalue weighted by molar-refractivity contribution is 8.00. The number of hydrogen-bond acceptors (Lipinski definition) is 5. The molecule has 1 unspecified atom stereocenters. The molecule has 0 aliphatic heterocycles. The first-order chi connectivity index (χ1) is 15.2. The molecule has 1 N–H and O–H groups in total. The number of benzene rings is 2. The maximum Gasteiger partial charge on any atom is 0.243 e. The second-order valence-corrected chi connectivity index (χ2v) is 10.7. The number of imidazole rings is 1. The van der Waals surface area contributed by atoms with E-state index in [1.807, 2.05) is 63.5 Å². The highest BCUT2D eigenvalue weighted by Crippen LogP contribution is 2.30. The van der Waals surface area contributed by atoms with E-state index in [0.717, 1.165) is 16.8 Å². The molecule has 32 heavy (non-hydrogen) atoms. The summed E-state index contributed by atoms with van der Waals surface area (Å²) in [7, 11) is -3.56. The molecule has 2 aromatic carbocycles. The van der Waals surface area contributed by atoms with Gasteiger partial charge in [-0.3, -0.25) is 4.79 Å². The highest BCUT2D eigenvalue weighted by atomic mass is 32.2. The van der Waals surface area contributed by atoms with Crippen molar-refractivity contribution in [3.8, 4) is 0 Å². The van der Waals surface area contributed by atoms with Crippen LogP contribution in [0.2, 0.25) is 0 Å². The zero-order chi connectivity index (χ0) is 23.5. The first kappa shape index (κ1) is 24.3. The second kappa shape index (κ2) is 10.1. The highest BCUT2D eigenvalue weighted by Gasteiger charge is 2.24. The van der Waals surface area contributed by atoms with Gasteiger partial charge in [-0.15, -0.1) is 0 Å². The van der Waals surface area contributed by atoms with E-state index in [1.165, 1.54) is 16.1 Å². The van der Waals surface area contributed by atoms with Gasteiger partial charge in [0.2, 0.25) is 15.9 Å². The van der Waals surface area contributed by atoms with E-state index in [-0.39, 0.29) is 16.1 Å². The Morgan fingerprint density at radius 2 is 1.88 bits per heavy atom. The van der Waals surface area contributed by atoms with Crippen molar-refractivity contribution >= 4 is 44.4 Å². The topological polar surface area (TPSA) is 84.3 Å². The maximum absolute atomic E-state index is 12.9. The summed E-state index contributed by atoms with van der Waals surface area (Å²) >= 11 is 1.36. The first-order valence-corrected chi connectivity index (χ1v) is 13.1. The number of carbonyl (C=O) groups excluding carboxylic acids is 1. The molecule has 0 bridgehead atoms. The van der Waals surface area contributed by atoms with Gasteiger partial charge >= 0.3 is 0 Å². The summed E-state index contributed by atoms with van der Waals surface area (Å²) in [5.74, 6) is -0.111. The molecule has 3 aromatic rings. The minimum atomic E-state index is -3.56. The fourth-order valence-electron chi connectivity index (χ4n) is 3.53. The second-order valence-electron chi connectivity index (χ2n) is 7.50. The van der Waals surface area contributed by atoms with Crippen molar-refractivity contribution < 1.29 is 13.2 Å². The number of thioether (sulfide) groups is 1. The van der Waals surface area contributed by atoms with E-state index in [9.17, 15) is 13.2 Å². The van der Waals surface area contributed by atoms with Crippen molar-refractivity contribution in [1.82, 2.24) is 13.9 Å². The molecule has 0 aliphatic rings. The van der Waals surface area contributed by atoms with Crippen molar-refractivity contribution in [3.05, 3.63) is 48.0 Å². The van der Waals surface area contributed by atoms with Crippen LogP contribution in [0.25, 0.3) is 11.0 Å². The van der Waals surface area contributed by atoms with E-state index in [1.54, 1.807) is 18.2 Å². The van der Waals surface area contributed by atoms with Gasteiger partial charge < -0.3 is 9.88 Å². The molecule has 7 nitrogen and oxygen atoms in total. The summed E-state index contributed by atoms with van der Waals surface area (Å²) in [5, 5.41) is 3.26. The minimum Gasteiger partial charge on any atom is -0.325 e. The Morgan fingerprint density at radius 3 is 2.50 bits per heavy atom. The molecule has 1 amide bonds. The van der Waals surface area contributed by atoms with Gasteiger partial charge in [0.1, 0.15) is 0 Å². The van der Waals surface area contributed by atoms with Crippen molar-refractivity contribution in [1.29, 1.82) is 0 Å². The molecular weight excluding hydrogens is 444 g/mol. The van der Waals surface area contributed by atoms with Crippen molar-refractivity contribution in [2.24, 2.45) is 0 Å². The SMILES string of the molecule is CCN(CC)S(=O)(=O)c1ccc2c(c1)nc(SC(C)C(=O)Nc1cccc(C)c1)n2CC. The smallest absolute Gasteiger partial charge is 0.243 e. The number of nitrogens with one attached hydrogen (secondary N) is 1. The third-order valence-corrected chi connectivity index (χ3v) is 8.42. The standard InChI is InChI=1S/C23H30N4O3S2/c1-6-26(7-2)32(29,30)19-12-13-21-20(15-19)25-23(27(21)8-3)31-17(5)22(28)24-18-11-9-10-16(4)14-18/h9-15,17H,6-8H2,1-5H3,(H,24,28). The van der Waals surface area contributed by atoms with E-state index in [0.29, 0.717) is 30.3 Å². The van der Waals surface area contributed by atoms with Crippen LogP contribution in [-0.4, -0.2) is 46.5 Å². The van der Waals surface area contributed by atoms with Crippen LogP contribution in [0.15, 0.2) is 52.5 Å². The molecule has 0 spiro atoms. The molecule has 1 heterocycles. The number of aryl methyl sites for hydroxylation is 2. The van der Waals surface area contributed by atoms with Gasteiger partial charge in [0.05, 0.1) is 21.2 Å². The Bertz CT molecular complexity index is 1220. The lowest BCUT2D eigenvalue weighted by molar-refractivity contribution is -0.115. The lowest BCUT2D eigenvalue weighted by Gasteiger charge is -2.18. The van der Waals surface area contributed by atoms with Gasteiger partial charge in [-0.05, 0) is 56.7 Å². The van der Waals surface area contributed by atoms with Gasteiger partial charge in [0, 0.05) is 25.3 Å². The summed E-state index contributed by atoms with van der Waals surface area (Å²) < 4.78 is 29.2. The average molecular weight is 475 g/mol. The van der Waals surface area contributed by atoms with Crippen molar-refractivity contribution in [2.45, 2.75) is 56.5 Å². The largest absolute Gasteiger partial charge is 0.325 e. The van der Waals surface area contributed by atoms with Crippen LogP contribution in [0.1, 0.15) is 33.3 Å². The third-order valence-electron chi connectivity index (χ3n) is 5.28. The van der Waals surface area contributed by atoms with E-state index in [4.69, 9.17) is 0 Å². The van der Waals surface area contributed by atoms with Crippen molar-refractivity contribution in [3.63, 3.8) is 0 Å². The fraction of sp³-hybridized carbons (Fsp3) is 0.391. The summed E-state index contributed by atoms with van der Waals surface area (Å²) in [6.45, 7) is 10.9. The Balaban J connectivity index is 1.87. The molecule has 1 aromatic heterocycles. The van der Waals surface area contributed by atoms with Crippen LogP contribution in [0.5, 0.6) is 0 Å². The monoisotopic (exact) mass is 474 g/mol. The minimum absolute atomic E-state index is 0.111. The van der Waals surface area contributed by atoms with Gasteiger partial charge in [0.25, 0.3) is 0 Å². The molecule has 0 fully saturated rings. The quantitative estimate of drug-likeness (QED) is 0.461. The molecule has 172 valence electrons. The van der Waals surface area contributed by atoms with Crippen LogP contribution in [0.4, 0.5) is 5.69 Å². The number of fused-ring (bicyclic) bond motifs is 1. The summed E-state index contributed by atoms with van der Waals surface area (Å²) in [5.41, 5.74) is 3.29. The number of aromatic nitrogens is 2. The number of carbonyl (C=O) groups is 1. The maximum atomic E-state index is 12.9. The van der Waals surface area contributed by atoms with Crippen LogP contribution < -0.4 is 5.32 Å². The molecule has 9 heteroatoms. The van der Waals surface area contributed by atoms with Crippen LogP contribution >= 0.6 is 11.8 Å². The molecule has 0 radical (unpaired) electrons. The Morgan fingerprint density at radius 1 is 1.16 bits per heavy atom. The number of anilines is 1. The number of sulfonamides is 1. The molecule has 0 saturated heterocycles. The lowest BCUT2D eigenvalue weighted by atomic mass is 10.2. The molecule has 3 rings (SSSR count). The molecule has 1 atom stereocenters. The van der Waals surface area contributed by atoms with E-state index >= 15 is 0 Å². The third kappa shape index (κ3) is 5.00. The van der Waals surface area contributed by atoms with E-state index < -0.39 is 10.0 Å². The van der Waals surface area contributed by atoms with Gasteiger partial charge in [0.15, 0.2) is 5.16 Å². The van der Waals surface area contributed by atoms with Gasteiger partial charge in [-0.1, -0.05) is 37.7 Å². The van der Waals surface area contributed by atoms with E-state index in [2.05, 4.69) is 10.3 Å². The van der Waals surface area contributed by atoms with Crippen LogP contribution in [0.3, 0.4) is 0 Å². The Labute approximate surface area is 194 Å². The Kier molecular flexibility index (Phi) is 7.63. The number of nitrogens with zero attached hydrogens (tertiary/aromatic N) is 3. The zero-order valence-electron chi connectivity index (χ0n) is 19.1. The summed E-state index contributed by atoms with van der Waals surface area (Å²) in [4.78, 5) is 17.6. The van der Waals surface area contributed by atoms with Crippen molar-refractivity contribution in [2.75, 3.05) is 18.4 Å². The normalized spacial score (nSPS) is 12.9. The zero-order valence-corrected chi connectivity index (χ0v) is 20.8. The van der Waals surface area contributed by atoms with Crippen LogP contribution in [-0.2, 0) is 21.4 Å². The average Bonchev–Trinajstić information content (AvgIpc) is 3.10. The predicted octanol–water partition coefficient (Wildman–Crippen LogP) is 4.51.